The quantitative estimate of drug-likeness (QED) is 0.865. The van der Waals surface area contributed by atoms with Gasteiger partial charge in [-0.1, -0.05) is 6.07 Å². The Hall–Kier alpha value is -2.96. The molecule has 0 bridgehead atoms. The fraction of sp³-hybridized carbons (Fsp3) is 0.300. The van der Waals surface area contributed by atoms with Crippen molar-refractivity contribution in [1.82, 2.24) is 4.90 Å². The normalized spacial score (nSPS) is 16.4. The predicted molar refractivity (Wildman–Crippen MR) is 94.7 cm³/mol. The van der Waals surface area contributed by atoms with Gasteiger partial charge in [0, 0.05) is 24.2 Å². The zero-order valence-corrected chi connectivity index (χ0v) is 14.7. The third-order valence-electron chi connectivity index (χ3n) is 4.73. The second-order valence-corrected chi connectivity index (χ2v) is 6.43. The Morgan fingerprint density at radius 2 is 1.96 bits per heavy atom. The van der Waals surface area contributed by atoms with Gasteiger partial charge in [-0.2, -0.15) is 0 Å². The van der Waals surface area contributed by atoms with Crippen molar-refractivity contribution in [3.05, 3.63) is 53.6 Å². The molecular weight excluding hydrogens is 356 g/mol. The van der Waals surface area contributed by atoms with Crippen molar-refractivity contribution in [2.75, 3.05) is 13.7 Å². The van der Waals surface area contributed by atoms with Crippen LogP contribution in [0.4, 0.5) is 8.78 Å². The highest BCUT2D eigenvalue weighted by atomic mass is 19.1. The van der Waals surface area contributed by atoms with Crippen molar-refractivity contribution in [3.63, 3.8) is 0 Å². The molecule has 0 saturated carbocycles. The Balaban J connectivity index is 1.86. The van der Waals surface area contributed by atoms with E-state index < -0.39 is 29.6 Å². The van der Waals surface area contributed by atoms with Crippen LogP contribution in [0.1, 0.15) is 29.6 Å². The first kappa shape index (κ1) is 18.8. The number of ether oxygens (including phenoxy) is 1. The third kappa shape index (κ3) is 3.92. The Morgan fingerprint density at radius 1 is 1.19 bits per heavy atom. The third-order valence-corrected chi connectivity index (χ3v) is 4.73. The van der Waals surface area contributed by atoms with Crippen LogP contribution in [-0.4, -0.2) is 41.6 Å². The minimum absolute atomic E-state index is 0.148. The summed E-state index contributed by atoms with van der Waals surface area (Å²) >= 11 is 0. The van der Waals surface area contributed by atoms with E-state index in [-0.39, 0.29) is 17.5 Å². The summed E-state index contributed by atoms with van der Waals surface area (Å²) in [7, 11) is 1.42. The van der Waals surface area contributed by atoms with Crippen molar-refractivity contribution in [3.8, 4) is 16.9 Å². The monoisotopic (exact) mass is 375 g/mol. The molecule has 1 N–H and O–H groups in total. The molecule has 1 heterocycles. The van der Waals surface area contributed by atoms with E-state index in [4.69, 9.17) is 9.84 Å². The van der Waals surface area contributed by atoms with Crippen molar-refractivity contribution in [2.45, 2.75) is 25.3 Å². The van der Waals surface area contributed by atoms with Crippen LogP contribution < -0.4 is 4.74 Å². The van der Waals surface area contributed by atoms with Crippen LogP contribution in [0.2, 0.25) is 0 Å². The lowest BCUT2D eigenvalue weighted by Crippen LogP contribution is -2.37. The Kier molecular flexibility index (Phi) is 5.39. The van der Waals surface area contributed by atoms with Crippen LogP contribution in [0.3, 0.4) is 0 Å². The van der Waals surface area contributed by atoms with Crippen molar-refractivity contribution >= 4 is 11.9 Å². The smallest absolute Gasteiger partial charge is 0.305 e. The summed E-state index contributed by atoms with van der Waals surface area (Å²) < 4.78 is 33.7. The molecule has 1 fully saturated rings. The zero-order chi connectivity index (χ0) is 19.6. The average Bonchev–Trinajstić information content (AvgIpc) is 3.08. The number of carboxylic acids is 1. The number of hydrogen-bond donors (Lipinski definition) is 1. The number of carbonyl (C=O) groups excluding carboxylic acids is 1. The van der Waals surface area contributed by atoms with E-state index in [2.05, 4.69) is 0 Å². The molecule has 7 heteroatoms. The number of halogens is 2. The van der Waals surface area contributed by atoms with E-state index in [1.54, 1.807) is 6.07 Å². The maximum Gasteiger partial charge on any atom is 0.305 e. The van der Waals surface area contributed by atoms with E-state index >= 15 is 0 Å². The first-order chi connectivity index (χ1) is 12.9. The van der Waals surface area contributed by atoms with E-state index in [1.807, 2.05) is 0 Å². The van der Waals surface area contributed by atoms with Crippen molar-refractivity contribution < 1.29 is 28.2 Å². The summed E-state index contributed by atoms with van der Waals surface area (Å²) in [4.78, 5) is 25.0. The second-order valence-electron chi connectivity index (χ2n) is 6.43. The average molecular weight is 375 g/mol. The second kappa shape index (κ2) is 7.73. The highest BCUT2D eigenvalue weighted by Crippen LogP contribution is 2.29. The molecule has 0 aromatic heterocycles. The number of carboxylic acid groups (broad SMARTS) is 1. The predicted octanol–water partition coefficient (Wildman–Crippen LogP) is 3.72. The number of benzene rings is 2. The number of amides is 1. The van der Waals surface area contributed by atoms with Crippen LogP contribution >= 0.6 is 0 Å². The molecule has 0 aliphatic carbocycles. The zero-order valence-electron chi connectivity index (χ0n) is 14.7. The Morgan fingerprint density at radius 3 is 2.59 bits per heavy atom. The lowest BCUT2D eigenvalue weighted by atomic mass is 10.0. The van der Waals surface area contributed by atoms with Gasteiger partial charge in [0.05, 0.1) is 19.1 Å². The number of nitrogens with zero attached hydrogens (tertiary/aromatic N) is 1. The molecule has 1 saturated heterocycles. The highest BCUT2D eigenvalue weighted by Gasteiger charge is 2.32. The van der Waals surface area contributed by atoms with Gasteiger partial charge >= 0.3 is 5.97 Å². The molecule has 27 heavy (non-hydrogen) atoms. The van der Waals surface area contributed by atoms with E-state index in [1.165, 1.54) is 36.3 Å². The van der Waals surface area contributed by atoms with Gasteiger partial charge in [0.15, 0.2) is 0 Å². The van der Waals surface area contributed by atoms with Crippen LogP contribution in [0.25, 0.3) is 11.1 Å². The molecule has 1 aliphatic rings. The van der Waals surface area contributed by atoms with Crippen LogP contribution in [-0.2, 0) is 4.79 Å². The molecule has 1 unspecified atom stereocenters. The molecule has 1 aliphatic heterocycles. The summed E-state index contributed by atoms with van der Waals surface area (Å²) in [6, 6.07) is 7.71. The molecule has 2 aromatic carbocycles. The largest absolute Gasteiger partial charge is 0.497 e. The lowest BCUT2D eigenvalue weighted by molar-refractivity contribution is -0.137. The number of rotatable bonds is 5. The van der Waals surface area contributed by atoms with Gasteiger partial charge in [0.2, 0.25) is 0 Å². The van der Waals surface area contributed by atoms with Crippen LogP contribution in [0, 0.1) is 11.6 Å². The molecule has 1 amide bonds. The Bertz CT molecular complexity index is 884. The number of carbonyl (C=O) groups is 2. The van der Waals surface area contributed by atoms with Crippen molar-refractivity contribution in [1.29, 1.82) is 0 Å². The van der Waals surface area contributed by atoms with Gasteiger partial charge in [-0.3, -0.25) is 9.59 Å². The van der Waals surface area contributed by atoms with Gasteiger partial charge in [-0.15, -0.1) is 0 Å². The van der Waals surface area contributed by atoms with Gasteiger partial charge in [-0.25, -0.2) is 8.78 Å². The fourth-order valence-electron chi connectivity index (χ4n) is 3.38. The van der Waals surface area contributed by atoms with Crippen molar-refractivity contribution in [2.24, 2.45) is 0 Å². The first-order valence-electron chi connectivity index (χ1n) is 8.57. The summed E-state index contributed by atoms with van der Waals surface area (Å²) in [5, 5.41) is 8.97. The number of aliphatic carboxylic acids is 1. The summed E-state index contributed by atoms with van der Waals surface area (Å²) in [6.45, 7) is 0.394. The topological polar surface area (TPSA) is 66.8 Å². The summed E-state index contributed by atoms with van der Waals surface area (Å²) in [5.74, 6) is -2.52. The van der Waals surface area contributed by atoms with E-state index in [9.17, 15) is 18.4 Å². The summed E-state index contributed by atoms with van der Waals surface area (Å²) in [6.07, 6.45) is 1.09. The van der Waals surface area contributed by atoms with E-state index in [0.717, 1.165) is 6.07 Å². The van der Waals surface area contributed by atoms with Gasteiger partial charge < -0.3 is 14.7 Å². The van der Waals surface area contributed by atoms with Crippen LogP contribution in [0.15, 0.2) is 36.4 Å². The first-order valence-corrected chi connectivity index (χ1v) is 8.57. The maximum atomic E-state index is 14.6. The van der Waals surface area contributed by atoms with Gasteiger partial charge in [0.1, 0.15) is 17.4 Å². The maximum absolute atomic E-state index is 14.6. The molecular formula is C20H19F2NO4. The minimum atomic E-state index is -0.995. The Labute approximate surface area is 155 Å². The van der Waals surface area contributed by atoms with E-state index in [0.29, 0.717) is 30.7 Å². The fourth-order valence-corrected chi connectivity index (χ4v) is 3.38. The molecule has 1 atom stereocenters. The molecule has 142 valence electrons. The standard InChI is InChI=1S/C20H19F2NO4/c1-27-14-5-7-15(18(22)11-14)12-4-6-16(17(21)9-12)20(26)23-8-2-3-13(23)10-19(24)25/h4-7,9,11,13H,2-3,8,10H2,1H3,(H,24,25). The molecule has 3 rings (SSSR count). The van der Waals surface area contributed by atoms with Crippen LogP contribution in [0.5, 0.6) is 5.75 Å². The number of likely N-dealkylation sites (tertiary alicyclic amines) is 1. The van der Waals surface area contributed by atoms with Gasteiger partial charge in [-0.05, 0) is 42.7 Å². The lowest BCUT2D eigenvalue weighted by Gasteiger charge is -2.23. The molecule has 0 radical (unpaired) electrons. The molecule has 5 nitrogen and oxygen atoms in total. The minimum Gasteiger partial charge on any atom is -0.497 e. The highest BCUT2D eigenvalue weighted by molar-refractivity contribution is 5.95. The molecule has 0 spiro atoms. The molecule has 2 aromatic rings. The van der Waals surface area contributed by atoms with Gasteiger partial charge in [0.25, 0.3) is 5.91 Å². The number of methoxy groups -OCH3 is 1. The summed E-state index contributed by atoms with van der Waals surface area (Å²) in [5.41, 5.74) is 0.344. The SMILES string of the molecule is COc1ccc(-c2ccc(C(=O)N3CCCC3CC(=O)O)c(F)c2)c(F)c1. The number of hydrogen-bond acceptors (Lipinski definition) is 3.